The number of hydrogen-bond donors (Lipinski definition) is 1. The zero-order valence-corrected chi connectivity index (χ0v) is 16.7. The molecule has 0 bridgehead atoms. The fourth-order valence-electron chi connectivity index (χ4n) is 2.99. The number of aromatic nitrogens is 4. The van der Waals surface area contributed by atoms with Gasteiger partial charge in [-0.15, -0.1) is 0 Å². The number of benzene rings is 2. The van der Waals surface area contributed by atoms with Gasteiger partial charge in [-0.1, -0.05) is 23.4 Å². The Bertz CT molecular complexity index is 1200. The molecule has 2 heterocycles. The smallest absolute Gasteiger partial charge is 0.227 e. The molecule has 0 aliphatic rings. The van der Waals surface area contributed by atoms with Crippen molar-refractivity contribution in [1.82, 2.24) is 25.0 Å². The Labute approximate surface area is 176 Å². The standard InChI is InChI=1S/C22H19F2N5O2/c1-14-2-4-16(11-17(14)23)22-27-21(31-28-22)7-6-20(30)26-12-15-3-5-19(18(24)10-15)29-9-8-25-13-29/h2-5,8-11,13H,6-7,12H2,1H3,(H,26,30). The molecule has 1 amide bonds. The molecule has 7 nitrogen and oxygen atoms in total. The largest absolute Gasteiger partial charge is 0.352 e. The van der Waals surface area contributed by atoms with Crippen molar-refractivity contribution in [3.8, 4) is 17.1 Å². The normalized spacial score (nSPS) is 10.9. The number of nitrogens with zero attached hydrogens (tertiary/aromatic N) is 4. The van der Waals surface area contributed by atoms with Crippen LogP contribution in [-0.4, -0.2) is 25.6 Å². The first kappa shape index (κ1) is 20.4. The van der Waals surface area contributed by atoms with Crippen LogP contribution in [0.5, 0.6) is 0 Å². The first-order valence-electron chi connectivity index (χ1n) is 9.62. The van der Waals surface area contributed by atoms with Crippen LogP contribution in [0, 0.1) is 18.6 Å². The van der Waals surface area contributed by atoms with Gasteiger partial charge in [0, 0.05) is 37.3 Å². The van der Waals surface area contributed by atoms with Crippen molar-refractivity contribution >= 4 is 5.91 Å². The van der Waals surface area contributed by atoms with Crippen molar-refractivity contribution in [1.29, 1.82) is 0 Å². The molecule has 1 N–H and O–H groups in total. The maximum absolute atomic E-state index is 14.3. The molecule has 2 aromatic carbocycles. The second-order valence-electron chi connectivity index (χ2n) is 7.01. The lowest BCUT2D eigenvalue weighted by molar-refractivity contribution is -0.121. The highest BCUT2D eigenvalue weighted by Crippen LogP contribution is 2.19. The lowest BCUT2D eigenvalue weighted by atomic mass is 10.1. The van der Waals surface area contributed by atoms with Crippen LogP contribution in [0.1, 0.15) is 23.4 Å². The molecule has 0 aliphatic heterocycles. The summed E-state index contributed by atoms with van der Waals surface area (Å²) in [5.41, 5.74) is 2.05. The van der Waals surface area contributed by atoms with Gasteiger partial charge < -0.3 is 14.4 Å². The maximum Gasteiger partial charge on any atom is 0.227 e. The summed E-state index contributed by atoms with van der Waals surface area (Å²) >= 11 is 0. The highest BCUT2D eigenvalue weighted by Gasteiger charge is 2.12. The Morgan fingerprint density at radius 2 is 2.03 bits per heavy atom. The van der Waals surface area contributed by atoms with Crippen molar-refractivity contribution in [3.05, 3.63) is 83.8 Å². The third-order valence-corrected chi connectivity index (χ3v) is 4.75. The number of carbonyl (C=O) groups is 1. The minimum atomic E-state index is -0.407. The van der Waals surface area contributed by atoms with Crippen molar-refractivity contribution in [2.24, 2.45) is 0 Å². The van der Waals surface area contributed by atoms with Gasteiger partial charge in [-0.3, -0.25) is 4.79 Å². The predicted octanol–water partition coefficient (Wildman–Crippen LogP) is 3.76. The van der Waals surface area contributed by atoms with Crippen molar-refractivity contribution in [2.75, 3.05) is 0 Å². The number of carbonyl (C=O) groups excluding carboxylic acids is 1. The second-order valence-corrected chi connectivity index (χ2v) is 7.01. The summed E-state index contributed by atoms with van der Waals surface area (Å²) in [6.45, 7) is 1.86. The molecule has 4 rings (SSSR count). The Morgan fingerprint density at radius 1 is 1.16 bits per heavy atom. The van der Waals surface area contributed by atoms with Crippen LogP contribution in [0.25, 0.3) is 17.1 Å². The molecular weight excluding hydrogens is 404 g/mol. The SMILES string of the molecule is Cc1ccc(-c2noc(CCC(=O)NCc3ccc(-n4ccnc4)c(F)c3)n2)cc1F. The first-order chi connectivity index (χ1) is 15.0. The lowest BCUT2D eigenvalue weighted by Crippen LogP contribution is -2.23. The van der Waals surface area contributed by atoms with E-state index in [1.54, 1.807) is 48.1 Å². The number of hydrogen-bond acceptors (Lipinski definition) is 5. The van der Waals surface area contributed by atoms with Crippen LogP contribution < -0.4 is 5.32 Å². The van der Waals surface area contributed by atoms with Gasteiger partial charge in [-0.25, -0.2) is 13.8 Å². The van der Waals surface area contributed by atoms with E-state index >= 15 is 0 Å². The van der Waals surface area contributed by atoms with E-state index in [9.17, 15) is 13.6 Å². The maximum atomic E-state index is 14.3. The topological polar surface area (TPSA) is 85.8 Å². The van der Waals surface area contributed by atoms with Crippen LogP contribution in [-0.2, 0) is 17.8 Å². The van der Waals surface area contributed by atoms with E-state index in [-0.39, 0.29) is 42.8 Å². The van der Waals surface area contributed by atoms with Gasteiger partial charge in [0.15, 0.2) is 0 Å². The molecule has 0 fully saturated rings. The van der Waals surface area contributed by atoms with Gasteiger partial charge in [0.25, 0.3) is 0 Å². The predicted molar refractivity (Wildman–Crippen MR) is 108 cm³/mol. The van der Waals surface area contributed by atoms with Crippen molar-refractivity contribution < 1.29 is 18.1 Å². The van der Waals surface area contributed by atoms with E-state index in [4.69, 9.17) is 4.52 Å². The van der Waals surface area contributed by atoms with E-state index in [2.05, 4.69) is 20.4 Å². The highest BCUT2D eigenvalue weighted by molar-refractivity contribution is 5.76. The van der Waals surface area contributed by atoms with Gasteiger partial charge in [-0.05, 0) is 36.2 Å². The monoisotopic (exact) mass is 423 g/mol. The Morgan fingerprint density at radius 3 is 2.77 bits per heavy atom. The summed E-state index contributed by atoms with van der Waals surface area (Å²) in [6.07, 6.45) is 5.09. The number of nitrogens with one attached hydrogen (secondary N) is 1. The second kappa shape index (κ2) is 8.86. The van der Waals surface area contributed by atoms with Crippen LogP contribution in [0.15, 0.2) is 59.6 Å². The fourth-order valence-corrected chi connectivity index (χ4v) is 2.99. The van der Waals surface area contributed by atoms with E-state index < -0.39 is 5.82 Å². The minimum Gasteiger partial charge on any atom is -0.352 e. The third kappa shape index (κ3) is 4.82. The van der Waals surface area contributed by atoms with Crippen LogP contribution in [0.4, 0.5) is 8.78 Å². The summed E-state index contributed by atoms with van der Waals surface area (Å²) in [5.74, 6) is -0.446. The molecule has 4 aromatic rings. The first-order valence-corrected chi connectivity index (χ1v) is 9.62. The van der Waals surface area contributed by atoms with Crippen LogP contribution >= 0.6 is 0 Å². The quantitative estimate of drug-likeness (QED) is 0.489. The number of imidazole rings is 1. The number of aryl methyl sites for hydroxylation is 2. The summed E-state index contributed by atoms with van der Waals surface area (Å²) in [6, 6.07) is 9.43. The fraction of sp³-hybridized carbons (Fsp3) is 0.182. The number of halogens is 2. The van der Waals surface area contributed by atoms with E-state index in [1.807, 2.05) is 0 Å². The zero-order chi connectivity index (χ0) is 21.8. The van der Waals surface area contributed by atoms with Crippen LogP contribution in [0.3, 0.4) is 0 Å². The highest BCUT2D eigenvalue weighted by atomic mass is 19.1. The molecule has 0 radical (unpaired) electrons. The van der Waals surface area contributed by atoms with Crippen LogP contribution in [0.2, 0.25) is 0 Å². The van der Waals surface area contributed by atoms with Crippen molar-refractivity contribution in [2.45, 2.75) is 26.3 Å². The average molecular weight is 423 g/mol. The summed E-state index contributed by atoms with van der Waals surface area (Å²) < 4.78 is 34.7. The molecule has 2 aromatic heterocycles. The molecule has 0 spiro atoms. The summed E-state index contributed by atoms with van der Waals surface area (Å²) in [4.78, 5) is 20.2. The van der Waals surface area contributed by atoms with Gasteiger partial charge in [0.05, 0.1) is 12.0 Å². The molecule has 0 unspecified atom stereocenters. The summed E-state index contributed by atoms with van der Waals surface area (Å²) in [5, 5.41) is 6.57. The Kier molecular flexibility index (Phi) is 5.83. The number of amides is 1. The van der Waals surface area contributed by atoms with E-state index in [1.165, 1.54) is 18.5 Å². The molecule has 0 aliphatic carbocycles. The van der Waals surface area contributed by atoms with Gasteiger partial charge in [0.2, 0.25) is 17.6 Å². The molecule has 0 atom stereocenters. The average Bonchev–Trinajstić information content (AvgIpc) is 3.45. The minimum absolute atomic E-state index is 0.124. The van der Waals surface area contributed by atoms with Crippen molar-refractivity contribution in [3.63, 3.8) is 0 Å². The zero-order valence-electron chi connectivity index (χ0n) is 16.7. The Hall–Kier alpha value is -3.88. The molecule has 9 heteroatoms. The lowest BCUT2D eigenvalue weighted by Gasteiger charge is -2.08. The molecule has 0 saturated heterocycles. The molecule has 0 saturated carbocycles. The molecule has 158 valence electrons. The summed E-state index contributed by atoms with van der Waals surface area (Å²) in [7, 11) is 0. The van der Waals surface area contributed by atoms with E-state index in [0.29, 0.717) is 22.4 Å². The molecule has 31 heavy (non-hydrogen) atoms. The van der Waals surface area contributed by atoms with Gasteiger partial charge in [-0.2, -0.15) is 4.98 Å². The third-order valence-electron chi connectivity index (χ3n) is 4.75. The Balaban J connectivity index is 1.29. The van der Waals surface area contributed by atoms with E-state index in [0.717, 1.165) is 0 Å². The molecular formula is C22H19F2N5O2. The number of rotatable bonds is 7. The van der Waals surface area contributed by atoms with Gasteiger partial charge in [0.1, 0.15) is 11.6 Å². The van der Waals surface area contributed by atoms with Gasteiger partial charge >= 0.3 is 0 Å².